The first-order valence-electron chi connectivity index (χ1n) is 4.21. The van der Waals surface area contributed by atoms with Crippen LogP contribution in [0.4, 0.5) is 0 Å². The highest BCUT2D eigenvalue weighted by molar-refractivity contribution is 5.94. The summed E-state index contributed by atoms with van der Waals surface area (Å²) in [7, 11) is 0. The second-order valence-electron chi connectivity index (χ2n) is 3.48. The van der Waals surface area contributed by atoms with Crippen LogP contribution in [0.5, 0.6) is 0 Å². The molecule has 2 saturated heterocycles. The summed E-state index contributed by atoms with van der Waals surface area (Å²) in [5, 5.41) is 0. The van der Waals surface area contributed by atoms with Gasteiger partial charge in [-0.25, -0.2) is 0 Å². The van der Waals surface area contributed by atoms with Crippen LogP contribution in [0.3, 0.4) is 0 Å². The lowest BCUT2D eigenvalue weighted by molar-refractivity contribution is -0.142. The molecule has 0 saturated carbocycles. The topological polar surface area (TPSA) is 67.4 Å². The molecule has 0 aromatic carbocycles. The van der Waals surface area contributed by atoms with Gasteiger partial charge in [-0.3, -0.25) is 20.4 Å². The monoisotopic (exact) mass is 180 g/mol. The molecule has 3 rings (SSSR count). The molecule has 0 aliphatic carbocycles. The highest BCUT2D eigenvalue weighted by Gasteiger charge is 2.54. The summed E-state index contributed by atoms with van der Waals surface area (Å²) < 4.78 is 5.43. The van der Waals surface area contributed by atoms with E-state index in [1.165, 1.54) is 0 Å². The second-order valence-corrected chi connectivity index (χ2v) is 3.48. The van der Waals surface area contributed by atoms with Crippen LogP contribution in [-0.4, -0.2) is 24.0 Å². The first-order valence-corrected chi connectivity index (χ1v) is 4.21. The standard InChI is InChI=1S/C8H8N2O3/c11-7-5-3-1-2-4(13-3)6(5)8(12)10-9-7/h1-6H,(H,9,11)(H,10,12)/t3-,4+,5-,6+. The zero-order valence-electron chi connectivity index (χ0n) is 6.69. The minimum atomic E-state index is -0.330. The Bertz CT molecular complexity index is 295. The molecule has 3 heterocycles. The fourth-order valence-electron chi connectivity index (χ4n) is 2.22. The molecule has 5 heteroatoms. The number of amides is 2. The largest absolute Gasteiger partial charge is 0.365 e. The Labute approximate surface area is 74.1 Å². The van der Waals surface area contributed by atoms with E-state index in [-0.39, 0.29) is 35.9 Å². The normalized spacial score (nSPS) is 45.8. The highest BCUT2D eigenvalue weighted by Crippen LogP contribution is 2.40. The van der Waals surface area contributed by atoms with E-state index >= 15 is 0 Å². The van der Waals surface area contributed by atoms with Crippen molar-refractivity contribution < 1.29 is 14.3 Å². The van der Waals surface area contributed by atoms with Gasteiger partial charge in [0, 0.05) is 0 Å². The SMILES string of the molecule is O=C1NNC(=O)[C@H]2[C@@H]1[C@@H]1C=C[C@H]2O1. The Morgan fingerprint density at radius 2 is 1.46 bits per heavy atom. The van der Waals surface area contributed by atoms with E-state index in [1.54, 1.807) is 0 Å². The molecule has 68 valence electrons. The van der Waals surface area contributed by atoms with Gasteiger partial charge in [-0.1, -0.05) is 12.2 Å². The zero-order valence-corrected chi connectivity index (χ0v) is 6.69. The molecule has 0 unspecified atom stereocenters. The van der Waals surface area contributed by atoms with Gasteiger partial charge in [0.05, 0.1) is 24.0 Å². The fraction of sp³-hybridized carbons (Fsp3) is 0.500. The van der Waals surface area contributed by atoms with E-state index in [0.717, 1.165) is 0 Å². The van der Waals surface area contributed by atoms with Gasteiger partial charge in [0.25, 0.3) is 0 Å². The Balaban J connectivity index is 2.03. The Morgan fingerprint density at radius 1 is 1.00 bits per heavy atom. The molecule has 3 aliphatic rings. The maximum atomic E-state index is 11.4. The molecule has 5 nitrogen and oxygen atoms in total. The molecule has 0 spiro atoms. The highest BCUT2D eigenvalue weighted by atomic mass is 16.5. The number of hydrogen-bond acceptors (Lipinski definition) is 3. The lowest BCUT2D eigenvalue weighted by Gasteiger charge is -2.28. The molecule has 2 amide bonds. The van der Waals surface area contributed by atoms with E-state index < -0.39 is 0 Å². The lowest BCUT2D eigenvalue weighted by atomic mass is 9.81. The van der Waals surface area contributed by atoms with Crippen molar-refractivity contribution >= 4 is 11.8 Å². The number of carbonyl (C=O) groups is 2. The summed E-state index contributed by atoms with van der Waals surface area (Å²) >= 11 is 0. The molecule has 0 radical (unpaired) electrons. The molecule has 13 heavy (non-hydrogen) atoms. The van der Waals surface area contributed by atoms with Gasteiger partial charge in [-0.2, -0.15) is 0 Å². The van der Waals surface area contributed by atoms with Crippen molar-refractivity contribution in [3.63, 3.8) is 0 Å². The fourth-order valence-corrected chi connectivity index (χ4v) is 2.22. The molecule has 0 aromatic heterocycles. The molecule has 2 bridgehead atoms. The van der Waals surface area contributed by atoms with Gasteiger partial charge in [0.15, 0.2) is 0 Å². The van der Waals surface area contributed by atoms with E-state index in [9.17, 15) is 9.59 Å². The van der Waals surface area contributed by atoms with Crippen LogP contribution in [0.2, 0.25) is 0 Å². The summed E-state index contributed by atoms with van der Waals surface area (Å²) in [5.74, 6) is -0.963. The van der Waals surface area contributed by atoms with Crippen molar-refractivity contribution in [2.24, 2.45) is 11.8 Å². The van der Waals surface area contributed by atoms with Gasteiger partial charge < -0.3 is 4.74 Å². The predicted octanol–water partition coefficient (Wildman–Crippen LogP) is -1.28. The Kier molecular flexibility index (Phi) is 1.15. The third-order valence-electron chi connectivity index (χ3n) is 2.81. The van der Waals surface area contributed by atoms with Crippen molar-refractivity contribution in [2.75, 3.05) is 0 Å². The number of hydrazine groups is 1. The molecule has 0 aromatic rings. The second kappa shape index (κ2) is 2.11. The minimum absolute atomic E-state index is 0.151. The van der Waals surface area contributed by atoms with Crippen LogP contribution in [0.15, 0.2) is 12.2 Å². The predicted molar refractivity (Wildman–Crippen MR) is 41.1 cm³/mol. The Morgan fingerprint density at radius 3 is 1.92 bits per heavy atom. The first-order chi connectivity index (χ1) is 6.27. The summed E-state index contributed by atoms with van der Waals surface area (Å²) in [6, 6.07) is 0. The van der Waals surface area contributed by atoms with Crippen molar-refractivity contribution in [3.8, 4) is 0 Å². The summed E-state index contributed by atoms with van der Waals surface area (Å²) in [4.78, 5) is 22.7. The first kappa shape index (κ1) is 7.08. The Hall–Kier alpha value is -1.36. The van der Waals surface area contributed by atoms with Crippen molar-refractivity contribution in [3.05, 3.63) is 12.2 Å². The van der Waals surface area contributed by atoms with Gasteiger partial charge >= 0.3 is 0 Å². The van der Waals surface area contributed by atoms with E-state index in [4.69, 9.17) is 4.74 Å². The van der Waals surface area contributed by atoms with E-state index in [2.05, 4.69) is 10.9 Å². The number of hydrogen-bond donors (Lipinski definition) is 2. The van der Waals surface area contributed by atoms with Crippen LogP contribution in [0.25, 0.3) is 0 Å². The maximum absolute atomic E-state index is 11.4. The molecule has 2 N–H and O–H groups in total. The summed E-state index contributed by atoms with van der Waals surface area (Å²) in [6.07, 6.45) is 3.29. The number of fused-ring (bicyclic) bond motifs is 5. The van der Waals surface area contributed by atoms with Crippen LogP contribution < -0.4 is 10.9 Å². The minimum Gasteiger partial charge on any atom is -0.365 e. The van der Waals surface area contributed by atoms with Gasteiger partial charge in [0.2, 0.25) is 11.8 Å². The van der Waals surface area contributed by atoms with Crippen LogP contribution >= 0.6 is 0 Å². The number of nitrogens with one attached hydrogen (secondary N) is 2. The average Bonchev–Trinajstić information content (AvgIpc) is 2.70. The third-order valence-corrected chi connectivity index (χ3v) is 2.81. The molecule has 3 aliphatic heterocycles. The van der Waals surface area contributed by atoms with E-state index in [0.29, 0.717) is 0 Å². The average molecular weight is 180 g/mol. The van der Waals surface area contributed by atoms with Gasteiger partial charge in [-0.15, -0.1) is 0 Å². The number of carbonyl (C=O) groups excluding carboxylic acids is 2. The van der Waals surface area contributed by atoms with Crippen molar-refractivity contribution in [1.82, 2.24) is 10.9 Å². The summed E-state index contributed by atoms with van der Waals surface area (Å²) in [5.41, 5.74) is 4.67. The van der Waals surface area contributed by atoms with Crippen molar-refractivity contribution in [2.45, 2.75) is 12.2 Å². The maximum Gasteiger partial charge on any atom is 0.245 e. The number of ether oxygens (including phenoxy) is 1. The third kappa shape index (κ3) is 0.746. The zero-order chi connectivity index (χ0) is 9.00. The molecule has 2 fully saturated rings. The van der Waals surface area contributed by atoms with Crippen molar-refractivity contribution in [1.29, 1.82) is 0 Å². The quantitative estimate of drug-likeness (QED) is 0.456. The van der Waals surface area contributed by atoms with Crippen LogP contribution in [0.1, 0.15) is 0 Å². The van der Waals surface area contributed by atoms with Crippen LogP contribution in [-0.2, 0) is 14.3 Å². The number of rotatable bonds is 0. The molecular weight excluding hydrogens is 172 g/mol. The van der Waals surface area contributed by atoms with Gasteiger partial charge in [0.1, 0.15) is 0 Å². The van der Waals surface area contributed by atoms with Gasteiger partial charge in [-0.05, 0) is 0 Å². The molecular formula is C8H8N2O3. The smallest absolute Gasteiger partial charge is 0.245 e. The lowest BCUT2D eigenvalue weighted by Crippen LogP contribution is -2.58. The summed E-state index contributed by atoms with van der Waals surface area (Å²) in [6.45, 7) is 0. The molecule has 4 atom stereocenters. The van der Waals surface area contributed by atoms with Crippen LogP contribution in [0, 0.1) is 11.8 Å². The van der Waals surface area contributed by atoms with E-state index in [1.807, 2.05) is 12.2 Å².